The minimum Gasteiger partial charge on any atom is -0.309 e. The highest BCUT2D eigenvalue weighted by molar-refractivity contribution is 6.25. The summed E-state index contributed by atoms with van der Waals surface area (Å²) < 4.78 is 2.42. The Morgan fingerprint density at radius 3 is 1.84 bits per heavy atom. The standard InChI is InChI=1S/C52H31N3/c1-53-41-23-21-33(22-24-41)37-29-38(31-39(30-37)45-17-7-11-35-12-9-27-54-52(35)45)43-25-26-44(47-16-6-5-15-46(43)47)40-28-36-20-19-34-10-8-18-48-50(34)51(36)49(32-40)55(48)42-13-3-2-4-14-42/h2-32H. The number of fused-ring (bicyclic) bond motifs is 2. The number of hydrogen-bond acceptors (Lipinski definition) is 1. The van der Waals surface area contributed by atoms with Crippen molar-refractivity contribution in [3.8, 4) is 50.2 Å². The monoisotopic (exact) mass is 697 g/mol. The first-order chi connectivity index (χ1) is 27.2. The van der Waals surface area contributed by atoms with Crippen LogP contribution in [0.4, 0.5) is 5.69 Å². The Balaban J connectivity index is 1.14. The molecule has 0 radical (unpaired) electrons. The van der Waals surface area contributed by atoms with Crippen molar-refractivity contribution in [2.75, 3.05) is 0 Å². The summed E-state index contributed by atoms with van der Waals surface area (Å²) in [5, 5.41) is 8.62. The molecule has 0 amide bonds. The van der Waals surface area contributed by atoms with Crippen LogP contribution < -0.4 is 0 Å². The summed E-state index contributed by atoms with van der Waals surface area (Å²) in [6, 6.07) is 65.2. The molecule has 0 saturated heterocycles. The third-order valence-corrected chi connectivity index (χ3v) is 11.2. The minimum absolute atomic E-state index is 0.632. The van der Waals surface area contributed by atoms with Gasteiger partial charge >= 0.3 is 0 Å². The summed E-state index contributed by atoms with van der Waals surface area (Å²) in [5.41, 5.74) is 14.2. The van der Waals surface area contributed by atoms with Gasteiger partial charge in [0.2, 0.25) is 0 Å². The molecule has 0 atom stereocenters. The third-order valence-electron chi connectivity index (χ3n) is 11.2. The lowest BCUT2D eigenvalue weighted by molar-refractivity contribution is 1.18. The number of para-hydroxylation sites is 2. The minimum atomic E-state index is 0.632. The van der Waals surface area contributed by atoms with Crippen molar-refractivity contribution in [2.45, 2.75) is 0 Å². The van der Waals surface area contributed by atoms with Gasteiger partial charge in [0.05, 0.1) is 23.1 Å². The smallest absolute Gasteiger partial charge is 0.187 e. The topological polar surface area (TPSA) is 22.2 Å². The molecule has 0 saturated carbocycles. The first-order valence-electron chi connectivity index (χ1n) is 18.6. The Labute approximate surface area is 318 Å². The molecule has 3 nitrogen and oxygen atoms in total. The highest BCUT2D eigenvalue weighted by Crippen LogP contribution is 2.44. The summed E-state index contributed by atoms with van der Waals surface area (Å²) in [6.45, 7) is 7.50. The largest absolute Gasteiger partial charge is 0.309 e. The van der Waals surface area contributed by atoms with Crippen molar-refractivity contribution in [3.05, 3.63) is 200 Å². The molecule has 11 aromatic rings. The lowest BCUT2D eigenvalue weighted by Crippen LogP contribution is -1.93. The molecule has 0 aliphatic carbocycles. The van der Waals surface area contributed by atoms with Crippen molar-refractivity contribution < 1.29 is 0 Å². The van der Waals surface area contributed by atoms with Crippen LogP contribution >= 0.6 is 0 Å². The van der Waals surface area contributed by atoms with Crippen LogP contribution in [0.2, 0.25) is 0 Å². The van der Waals surface area contributed by atoms with Crippen molar-refractivity contribution in [3.63, 3.8) is 0 Å². The second kappa shape index (κ2) is 12.3. The predicted octanol–water partition coefficient (Wildman–Crippen LogP) is 14.3. The lowest BCUT2D eigenvalue weighted by atomic mass is 9.88. The van der Waals surface area contributed by atoms with E-state index in [0.29, 0.717) is 5.69 Å². The first-order valence-corrected chi connectivity index (χ1v) is 18.6. The molecule has 55 heavy (non-hydrogen) atoms. The van der Waals surface area contributed by atoms with E-state index in [4.69, 9.17) is 11.6 Å². The zero-order chi connectivity index (χ0) is 36.5. The molecular weight excluding hydrogens is 667 g/mol. The van der Waals surface area contributed by atoms with E-state index in [1.807, 2.05) is 36.5 Å². The van der Waals surface area contributed by atoms with Crippen LogP contribution in [0, 0.1) is 6.57 Å². The van der Waals surface area contributed by atoms with Crippen molar-refractivity contribution in [1.29, 1.82) is 0 Å². The number of pyridine rings is 1. The summed E-state index contributed by atoms with van der Waals surface area (Å²) in [6.07, 6.45) is 1.87. The van der Waals surface area contributed by atoms with Gasteiger partial charge in [-0.25, -0.2) is 4.85 Å². The van der Waals surface area contributed by atoms with Crippen LogP contribution in [-0.2, 0) is 0 Å². The molecule has 0 bridgehead atoms. The zero-order valence-corrected chi connectivity index (χ0v) is 29.7. The molecule has 254 valence electrons. The van der Waals surface area contributed by atoms with E-state index in [2.05, 4.69) is 161 Å². The Morgan fingerprint density at radius 1 is 0.418 bits per heavy atom. The SMILES string of the molecule is [C-]#[N+]c1ccc(-c2cc(-c3ccc(-c4cc5ccc6cccc7c6c5c(c4)n7-c4ccccc4)c4ccccc34)cc(-c3cccc4cccnc34)c2)cc1. The highest BCUT2D eigenvalue weighted by atomic mass is 15.0. The summed E-state index contributed by atoms with van der Waals surface area (Å²) in [4.78, 5) is 8.45. The molecule has 0 aliphatic rings. The molecule has 3 heteroatoms. The van der Waals surface area contributed by atoms with Crippen LogP contribution in [0.15, 0.2) is 188 Å². The maximum atomic E-state index is 7.50. The quantitative estimate of drug-likeness (QED) is 0.130. The molecule has 0 fully saturated rings. The lowest BCUT2D eigenvalue weighted by Gasteiger charge is -2.16. The number of hydrogen-bond donors (Lipinski definition) is 0. The van der Waals surface area contributed by atoms with Crippen molar-refractivity contribution >= 4 is 59.9 Å². The van der Waals surface area contributed by atoms with Crippen LogP contribution in [0.5, 0.6) is 0 Å². The fourth-order valence-electron chi connectivity index (χ4n) is 8.68. The van der Waals surface area contributed by atoms with E-state index in [1.165, 1.54) is 60.0 Å². The number of nitrogens with zero attached hydrogens (tertiary/aromatic N) is 3. The molecule has 0 aliphatic heterocycles. The van der Waals surface area contributed by atoms with Gasteiger partial charge in [-0.2, -0.15) is 0 Å². The second-order valence-electron chi connectivity index (χ2n) is 14.2. The van der Waals surface area contributed by atoms with Gasteiger partial charge in [-0.05, 0) is 115 Å². The highest BCUT2D eigenvalue weighted by Gasteiger charge is 2.19. The molecule has 11 rings (SSSR count). The average molecular weight is 698 g/mol. The molecule has 2 aromatic heterocycles. The van der Waals surface area contributed by atoms with Gasteiger partial charge in [0, 0.05) is 33.6 Å². The summed E-state index contributed by atoms with van der Waals surface area (Å²) >= 11 is 0. The van der Waals surface area contributed by atoms with Gasteiger partial charge in [0.15, 0.2) is 5.69 Å². The van der Waals surface area contributed by atoms with Crippen molar-refractivity contribution in [1.82, 2.24) is 9.55 Å². The maximum absolute atomic E-state index is 7.50. The van der Waals surface area contributed by atoms with E-state index < -0.39 is 0 Å². The second-order valence-corrected chi connectivity index (χ2v) is 14.2. The Kier molecular flexibility index (Phi) is 6.92. The molecule has 0 spiro atoms. The fourth-order valence-corrected chi connectivity index (χ4v) is 8.68. The summed E-state index contributed by atoms with van der Waals surface area (Å²) in [7, 11) is 0. The molecule has 0 unspecified atom stereocenters. The van der Waals surface area contributed by atoms with Gasteiger partial charge in [0.1, 0.15) is 0 Å². The zero-order valence-electron chi connectivity index (χ0n) is 29.7. The molecule has 9 aromatic carbocycles. The van der Waals surface area contributed by atoms with Gasteiger partial charge in [-0.1, -0.05) is 127 Å². The summed E-state index contributed by atoms with van der Waals surface area (Å²) in [5.74, 6) is 0. The van der Waals surface area contributed by atoms with Gasteiger partial charge in [0.25, 0.3) is 0 Å². The number of aromatic nitrogens is 2. The first kappa shape index (κ1) is 31.0. The molecular formula is C52H31N3. The van der Waals surface area contributed by atoms with Gasteiger partial charge in [-0.3, -0.25) is 4.98 Å². The Morgan fingerprint density at radius 2 is 1.05 bits per heavy atom. The van der Waals surface area contributed by atoms with E-state index in [9.17, 15) is 0 Å². The van der Waals surface area contributed by atoms with E-state index in [0.717, 1.165) is 44.4 Å². The van der Waals surface area contributed by atoms with E-state index in [1.54, 1.807) is 0 Å². The molecule has 2 heterocycles. The predicted molar refractivity (Wildman–Crippen MR) is 230 cm³/mol. The number of rotatable bonds is 5. The fraction of sp³-hybridized carbons (Fsp3) is 0. The maximum Gasteiger partial charge on any atom is 0.187 e. The average Bonchev–Trinajstić information content (AvgIpc) is 3.60. The third kappa shape index (κ3) is 4.93. The van der Waals surface area contributed by atoms with Gasteiger partial charge < -0.3 is 4.57 Å². The van der Waals surface area contributed by atoms with Crippen LogP contribution in [0.3, 0.4) is 0 Å². The normalized spacial score (nSPS) is 11.6. The van der Waals surface area contributed by atoms with E-state index >= 15 is 0 Å². The number of benzene rings is 9. The van der Waals surface area contributed by atoms with Crippen LogP contribution in [0.1, 0.15) is 0 Å². The van der Waals surface area contributed by atoms with Gasteiger partial charge in [-0.15, -0.1) is 0 Å². The van der Waals surface area contributed by atoms with Crippen molar-refractivity contribution in [2.24, 2.45) is 0 Å². The van der Waals surface area contributed by atoms with Crippen LogP contribution in [-0.4, -0.2) is 9.55 Å². The molecule has 0 N–H and O–H groups in total. The Bertz CT molecular complexity index is 3310. The Hall–Kier alpha value is -7.54. The van der Waals surface area contributed by atoms with E-state index in [-0.39, 0.29) is 0 Å². The van der Waals surface area contributed by atoms with Crippen LogP contribution in [0.25, 0.3) is 109 Å².